The summed E-state index contributed by atoms with van der Waals surface area (Å²) in [7, 11) is 1.62. The molecule has 0 spiro atoms. The Morgan fingerprint density at radius 3 is 2.42 bits per heavy atom. The third-order valence-electron chi connectivity index (χ3n) is 4.35. The van der Waals surface area contributed by atoms with Gasteiger partial charge in [0.1, 0.15) is 11.5 Å². The number of ketones is 1. The van der Waals surface area contributed by atoms with E-state index < -0.39 is 0 Å². The summed E-state index contributed by atoms with van der Waals surface area (Å²) in [6.45, 7) is 1.54. The molecule has 0 saturated carbocycles. The van der Waals surface area contributed by atoms with Gasteiger partial charge >= 0.3 is 0 Å². The lowest BCUT2D eigenvalue weighted by Crippen LogP contribution is -2.35. The van der Waals surface area contributed by atoms with E-state index in [1.807, 2.05) is 66.9 Å². The molecule has 26 heavy (non-hydrogen) atoms. The number of nitrogens with zero attached hydrogens (tertiary/aromatic N) is 1. The summed E-state index contributed by atoms with van der Waals surface area (Å²) < 4.78 is 6.78. The van der Waals surface area contributed by atoms with Crippen molar-refractivity contribution >= 4 is 23.6 Å². The van der Waals surface area contributed by atoms with E-state index in [2.05, 4.69) is 0 Å². The first kappa shape index (κ1) is 18.3. The van der Waals surface area contributed by atoms with E-state index in [4.69, 9.17) is 4.74 Å². The number of hydrogen-bond acceptors (Lipinski definition) is 4. The van der Waals surface area contributed by atoms with Crippen molar-refractivity contribution < 1.29 is 14.3 Å². The number of benzene rings is 2. The van der Waals surface area contributed by atoms with Crippen LogP contribution in [0.25, 0.3) is 0 Å². The van der Waals surface area contributed by atoms with Crippen LogP contribution in [-0.2, 0) is 9.59 Å². The number of carbonyl (C=O) groups excluding carboxylic acids is 2. The van der Waals surface area contributed by atoms with Gasteiger partial charge in [0, 0.05) is 23.4 Å². The maximum atomic E-state index is 13.0. The van der Waals surface area contributed by atoms with Crippen LogP contribution in [0.15, 0.2) is 71.8 Å². The third-order valence-corrected chi connectivity index (χ3v) is 5.33. The third kappa shape index (κ3) is 4.17. The van der Waals surface area contributed by atoms with Crippen molar-refractivity contribution in [2.75, 3.05) is 7.11 Å². The zero-order chi connectivity index (χ0) is 18.5. The van der Waals surface area contributed by atoms with Gasteiger partial charge in [0.15, 0.2) is 0 Å². The maximum absolute atomic E-state index is 13.0. The summed E-state index contributed by atoms with van der Waals surface area (Å²) in [5.41, 5.74) is 1.05. The number of ether oxygens (including phenoxy) is 1. The molecule has 2 aromatic rings. The molecule has 1 amide bonds. The first-order valence-electron chi connectivity index (χ1n) is 8.46. The van der Waals surface area contributed by atoms with Gasteiger partial charge in [-0.2, -0.15) is 0 Å². The van der Waals surface area contributed by atoms with Crippen LogP contribution in [0.1, 0.15) is 24.8 Å². The van der Waals surface area contributed by atoms with Crippen LogP contribution in [0.5, 0.6) is 5.75 Å². The number of hydrogen-bond donors (Lipinski definition) is 0. The van der Waals surface area contributed by atoms with E-state index in [9.17, 15) is 9.59 Å². The summed E-state index contributed by atoms with van der Waals surface area (Å²) in [5.74, 6) is 0.283. The highest BCUT2D eigenvalue weighted by atomic mass is 32.2. The molecule has 0 N–H and O–H groups in total. The van der Waals surface area contributed by atoms with E-state index in [1.165, 1.54) is 18.9 Å². The molecule has 0 bridgehead atoms. The van der Waals surface area contributed by atoms with Crippen molar-refractivity contribution in [3.63, 3.8) is 0 Å². The summed E-state index contributed by atoms with van der Waals surface area (Å²) in [4.78, 5) is 25.7. The second-order valence-corrected chi connectivity index (χ2v) is 7.27. The van der Waals surface area contributed by atoms with Crippen LogP contribution in [0.4, 0.5) is 0 Å². The van der Waals surface area contributed by atoms with Crippen molar-refractivity contribution in [3.05, 3.63) is 72.4 Å². The second-order valence-electron chi connectivity index (χ2n) is 6.22. The Labute approximate surface area is 158 Å². The van der Waals surface area contributed by atoms with Crippen LogP contribution < -0.4 is 4.74 Å². The van der Waals surface area contributed by atoms with Gasteiger partial charge in [-0.3, -0.25) is 9.10 Å². The first-order valence-corrected chi connectivity index (χ1v) is 9.23. The lowest BCUT2D eigenvalue weighted by Gasteiger charge is -2.32. The normalized spacial score (nSPS) is 19.5. The molecule has 0 saturated heterocycles. The molecule has 0 aliphatic carbocycles. The van der Waals surface area contributed by atoms with Gasteiger partial charge in [0.25, 0.3) is 0 Å². The van der Waals surface area contributed by atoms with Gasteiger partial charge < -0.3 is 9.53 Å². The van der Waals surface area contributed by atoms with Crippen molar-refractivity contribution in [2.24, 2.45) is 5.92 Å². The molecule has 1 heterocycles. The van der Waals surface area contributed by atoms with Gasteiger partial charge in [-0.15, -0.1) is 0 Å². The summed E-state index contributed by atoms with van der Waals surface area (Å²) >= 11 is 1.35. The number of rotatable bonds is 6. The Bertz CT molecular complexity index is 802. The highest BCUT2D eigenvalue weighted by molar-refractivity contribution is 7.97. The molecule has 134 valence electrons. The maximum Gasteiger partial charge on any atom is 0.241 e. The molecule has 1 aliphatic rings. The van der Waals surface area contributed by atoms with Crippen LogP contribution in [0, 0.1) is 5.92 Å². The molecule has 0 aromatic heterocycles. The molecule has 2 unspecified atom stereocenters. The van der Waals surface area contributed by atoms with Crippen LogP contribution in [0.3, 0.4) is 0 Å². The van der Waals surface area contributed by atoms with E-state index in [0.717, 1.165) is 16.2 Å². The smallest absolute Gasteiger partial charge is 0.241 e. The average Bonchev–Trinajstić information content (AvgIpc) is 2.66. The van der Waals surface area contributed by atoms with Gasteiger partial charge in [-0.25, -0.2) is 0 Å². The summed E-state index contributed by atoms with van der Waals surface area (Å²) in [6.07, 6.45) is 4.06. The van der Waals surface area contributed by atoms with Crippen molar-refractivity contribution in [1.29, 1.82) is 0 Å². The van der Waals surface area contributed by atoms with Crippen LogP contribution >= 0.6 is 11.9 Å². The minimum Gasteiger partial charge on any atom is -0.497 e. The quantitative estimate of drug-likeness (QED) is 0.708. The lowest BCUT2D eigenvalue weighted by molar-refractivity contribution is -0.132. The SMILES string of the molecule is COc1ccc(SN2C=CC(c3ccccc3)C(CC(C)=O)C2=O)cc1. The van der Waals surface area contributed by atoms with E-state index >= 15 is 0 Å². The molecule has 1 aliphatic heterocycles. The number of amides is 1. The van der Waals surface area contributed by atoms with E-state index in [1.54, 1.807) is 11.4 Å². The Morgan fingerprint density at radius 1 is 1.12 bits per heavy atom. The fraction of sp³-hybridized carbons (Fsp3) is 0.238. The topological polar surface area (TPSA) is 46.6 Å². The van der Waals surface area contributed by atoms with Crippen molar-refractivity contribution in [3.8, 4) is 5.75 Å². The van der Waals surface area contributed by atoms with Gasteiger partial charge in [-0.05, 0) is 48.7 Å². The van der Waals surface area contributed by atoms with Gasteiger partial charge in [-0.1, -0.05) is 36.4 Å². The minimum absolute atomic E-state index is 0.0222. The van der Waals surface area contributed by atoms with Gasteiger partial charge in [0.2, 0.25) is 5.91 Å². The molecule has 5 heteroatoms. The Morgan fingerprint density at radius 2 is 1.81 bits per heavy atom. The average molecular weight is 367 g/mol. The molecule has 0 radical (unpaired) electrons. The zero-order valence-corrected chi connectivity index (χ0v) is 15.6. The molecule has 3 rings (SSSR count). The number of carbonyl (C=O) groups is 2. The summed E-state index contributed by atoms with van der Waals surface area (Å²) in [6, 6.07) is 17.4. The number of methoxy groups -OCH3 is 1. The van der Waals surface area contributed by atoms with Gasteiger partial charge in [0.05, 0.1) is 13.0 Å². The van der Waals surface area contributed by atoms with E-state index in [-0.39, 0.29) is 29.9 Å². The summed E-state index contributed by atoms with van der Waals surface area (Å²) in [5, 5.41) is 0. The van der Waals surface area contributed by atoms with Crippen LogP contribution in [-0.4, -0.2) is 23.1 Å². The van der Waals surface area contributed by atoms with Crippen molar-refractivity contribution in [1.82, 2.24) is 4.31 Å². The molecule has 0 fully saturated rings. The number of Topliss-reactive ketones (excluding diaryl/α,β-unsaturated/α-hetero) is 1. The standard InChI is InChI=1S/C21H21NO3S/c1-15(23)14-20-19(16-6-4-3-5-7-16)12-13-22(21(20)24)26-18-10-8-17(25-2)9-11-18/h3-13,19-20H,14H2,1-2H3. The Balaban J connectivity index is 1.84. The monoisotopic (exact) mass is 367 g/mol. The predicted molar refractivity (Wildman–Crippen MR) is 103 cm³/mol. The largest absolute Gasteiger partial charge is 0.497 e. The highest BCUT2D eigenvalue weighted by Gasteiger charge is 2.35. The number of allylic oxidation sites excluding steroid dienone is 1. The molecule has 4 nitrogen and oxygen atoms in total. The minimum atomic E-state index is -0.384. The fourth-order valence-electron chi connectivity index (χ4n) is 3.06. The van der Waals surface area contributed by atoms with Crippen LogP contribution in [0.2, 0.25) is 0 Å². The Kier molecular flexibility index (Phi) is 5.78. The lowest BCUT2D eigenvalue weighted by atomic mass is 9.81. The molecular formula is C21H21NO3S. The second kappa shape index (κ2) is 8.23. The molecule has 2 atom stereocenters. The van der Waals surface area contributed by atoms with E-state index in [0.29, 0.717) is 0 Å². The van der Waals surface area contributed by atoms with Crippen molar-refractivity contribution in [2.45, 2.75) is 24.2 Å². The first-order chi connectivity index (χ1) is 12.6. The zero-order valence-electron chi connectivity index (χ0n) is 14.8. The molecular weight excluding hydrogens is 346 g/mol. The fourth-order valence-corrected chi connectivity index (χ4v) is 3.91. The Hall–Kier alpha value is -2.53. The molecule has 2 aromatic carbocycles. The highest BCUT2D eigenvalue weighted by Crippen LogP contribution is 2.38. The predicted octanol–water partition coefficient (Wildman–Crippen LogP) is 4.44.